The second kappa shape index (κ2) is 9.88. The van der Waals surface area contributed by atoms with Crippen LogP contribution in [0.3, 0.4) is 0 Å². The number of alkyl halides is 3. The van der Waals surface area contributed by atoms with Gasteiger partial charge in [0, 0.05) is 12.6 Å². The van der Waals surface area contributed by atoms with Crippen molar-refractivity contribution in [3.8, 4) is 5.75 Å². The van der Waals surface area contributed by atoms with Crippen LogP contribution in [0.4, 0.5) is 22.0 Å². The summed E-state index contributed by atoms with van der Waals surface area (Å²) in [4.78, 5) is 19.2. The lowest BCUT2D eigenvalue weighted by atomic mass is 10.1. The molecule has 5 nitrogen and oxygen atoms in total. The Kier molecular flexibility index (Phi) is 7.22. The Labute approximate surface area is 180 Å². The summed E-state index contributed by atoms with van der Waals surface area (Å²) < 4.78 is 72.8. The zero-order chi connectivity index (χ0) is 23.3. The Hall–Kier alpha value is -3.30. The molecule has 0 radical (unpaired) electrons. The summed E-state index contributed by atoms with van der Waals surface area (Å²) >= 11 is 0. The van der Waals surface area contributed by atoms with Crippen LogP contribution in [0.1, 0.15) is 40.7 Å². The zero-order valence-electron chi connectivity index (χ0n) is 16.8. The van der Waals surface area contributed by atoms with Gasteiger partial charge >= 0.3 is 6.18 Å². The van der Waals surface area contributed by atoms with Gasteiger partial charge in [0.25, 0.3) is 5.91 Å². The number of carbonyl (C=O) groups excluding carboxylic acids is 1. The maximum absolute atomic E-state index is 13.6. The Morgan fingerprint density at radius 1 is 1.16 bits per heavy atom. The average Bonchev–Trinajstić information content (AvgIpc) is 3.54. The smallest absolute Gasteiger partial charge is 0.416 e. The summed E-state index contributed by atoms with van der Waals surface area (Å²) in [7, 11) is 0. The van der Waals surface area contributed by atoms with Gasteiger partial charge in [0.05, 0.1) is 18.7 Å². The first kappa shape index (κ1) is 23.4. The summed E-state index contributed by atoms with van der Waals surface area (Å²) in [5.74, 6) is -3.10. The predicted octanol–water partition coefficient (Wildman–Crippen LogP) is 4.93. The molecule has 2 N–H and O–H groups in total. The van der Waals surface area contributed by atoms with Crippen LogP contribution in [0.5, 0.6) is 5.75 Å². The van der Waals surface area contributed by atoms with Crippen molar-refractivity contribution in [3.63, 3.8) is 0 Å². The highest BCUT2D eigenvalue weighted by Crippen LogP contribution is 2.36. The molecule has 0 heterocycles. The molecule has 2 aromatic rings. The molecule has 1 saturated carbocycles. The molecule has 32 heavy (non-hydrogen) atoms. The molecule has 0 bridgehead atoms. The maximum atomic E-state index is 13.6. The van der Waals surface area contributed by atoms with E-state index in [1.807, 2.05) is 0 Å². The van der Waals surface area contributed by atoms with Crippen LogP contribution < -0.4 is 10.5 Å². The van der Waals surface area contributed by atoms with Crippen LogP contribution in [0, 0.1) is 17.6 Å². The number of halogens is 5. The molecule has 0 saturated heterocycles. The molecule has 1 aliphatic carbocycles. The van der Waals surface area contributed by atoms with E-state index in [2.05, 4.69) is 9.98 Å². The van der Waals surface area contributed by atoms with E-state index >= 15 is 0 Å². The quantitative estimate of drug-likeness (QED) is 0.350. The second-order valence-electron chi connectivity index (χ2n) is 7.30. The largest absolute Gasteiger partial charge is 0.493 e. The third kappa shape index (κ3) is 6.35. The molecular formula is C22H20F5N3O2. The number of amides is 1. The highest BCUT2D eigenvalue weighted by atomic mass is 19.4. The normalized spacial score (nSPS) is 14.7. The highest BCUT2D eigenvalue weighted by molar-refractivity contribution is 6.05. The summed E-state index contributed by atoms with van der Waals surface area (Å²) in [6.07, 6.45) is -1.55. The average molecular weight is 453 g/mol. The number of rotatable bonds is 8. The lowest BCUT2D eigenvalue weighted by Crippen LogP contribution is -2.16. The Balaban J connectivity index is 1.63. The Morgan fingerprint density at radius 2 is 1.84 bits per heavy atom. The van der Waals surface area contributed by atoms with Gasteiger partial charge < -0.3 is 10.5 Å². The Morgan fingerprint density at radius 3 is 2.47 bits per heavy atom. The molecular weight excluding hydrogens is 433 g/mol. The molecule has 0 spiro atoms. The van der Waals surface area contributed by atoms with Gasteiger partial charge in [-0.25, -0.2) is 8.78 Å². The first-order valence-electron chi connectivity index (χ1n) is 9.77. The first-order chi connectivity index (χ1) is 15.1. The van der Waals surface area contributed by atoms with Crippen molar-refractivity contribution < 1.29 is 31.5 Å². The number of carbonyl (C=O) groups is 1. The van der Waals surface area contributed by atoms with Gasteiger partial charge in [-0.2, -0.15) is 18.2 Å². The summed E-state index contributed by atoms with van der Waals surface area (Å²) in [6, 6.07) is 6.62. The highest BCUT2D eigenvalue weighted by Gasteiger charge is 2.34. The molecule has 3 rings (SSSR count). The number of aliphatic imine (C=N–C) groups is 2. The van der Waals surface area contributed by atoms with E-state index < -0.39 is 34.8 Å². The van der Waals surface area contributed by atoms with Gasteiger partial charge in [0.2, 0.25) is 0 Å². The first-order valence-corrected chi connectivity index (χ1v) is 9.77. The van der Waals surface area contributed by atoms with Crippen LogP contribution in [0.2, 0.25) is 0 Å². The lowest BCUT2D eigenvalue weighted by Gasteiger charge is -2.14. The molecule has 2 aromatic carbocycles. The van der Waals surface area contributed by atoms with Crippen LogP contribution >= 0.6 is 0 Å². The van der Waals surface area contributed by atoms with Crippen molar-refractivity contribution in [1.29, 1.82) is 0 Å². The fraction of sp³-hybridized carbons (Fsp3) is 0.318. The van der Waals surface area contributed by atoms with Crippen molar-refractivity contribution in [1.82, 2.24) is 0 Å². The van der Waals surface area contributed by atoms with Crippen LogP contribution in [-0.4, -0.2) is 24.6 Å². The minimum Gasteiger partial charge on any atom is -0.493 e. The fourth-order valence-electron chi connectivity index (χ4n) is 2.80. The van der Waals surface area contributed by atoms with E-state index in [-0.39, 0.29) is 30.1 Å². The van der Waals surface area contributed by atoms with Crippen LogP contribution in [0.15, 0.2) is 46.4 Å². The molecule has 0 atom stereocenters. The zero-order valence-corrected chi connectivity index (χ0v) is 16.8. The molecule has 0 unspecified atom stereocenters. The van der Waals surface area contributed by atoms with Crippen molar-refractivity contribution >= 4 is 18.0 Å². The monoisotopic (exact) mass is 453 g/mol. The number of hydrogen-bond acceptors (Lipinski definition) is 3. The molecule has 1 aliphatic rings. The number of hydrogen-bond donors (Lipinski definition) is 1. The van der Waals surface area contributed by atoms with Crippen molar-refractivity contribution in [3.05, 3.63) is 64.7 Å². The van der Waals surface area contributed by atoms with E-state index in [1.165, 1.54) is 18.3 Å². The molecule has 1 fully saturated rings. The van der Waals surface area contributed by atoms with Gasteiger partial charge in [0.15, 0.2) is 0 Å². The predicted molar refractivity (Wildman–Crippen MR) is 109 cm³/mol. The summed E-state index contributed by atoms with van der Waals surface area (Å²) in [5.41, 5.74) is 3.81. The van der Waals surface area contributed by atoms with E-state index in [4.69, 9.17) is 10.5 Å². The summed E-state index contributed by atoms with van der Waals surface area (Å²) in [5, 5.41) is 0. The van der Waals surface area contributed by atoms with E-state index in [9.17, 15) is 26.7 Å². The SMILES string of the molecule is NC(CC=NCc1ccc(OCC2CC2)cc1C(F)(F)F)=NC(=O)c1c(F)cccc1F. The summed E-state index contributed by atoms with van der Waals surface area (Å²) in [6.45, 7) is 0.101. The van der Waals surface area contributed by atoms with Gasteiger partial charge in [-0.15, -0.1) is 0 Å². The van der Waals surface area contributed by atoms with Gasteiger partial charge in [-0.05, 0) is 48.6 Å². The lowest BCUT2D eigenvalue weighted by molar-refractivity contribution is -0.138. The standard InChI is InChI=1S/C22H20F5N3O2/c23-17-2-1-3-18(24)20(17)21(31)30-19(28)8-9-29-11-14-6-7-15(32-12-13-4-5-13)10-16(14)22(25,26)27/h1-3,6-7,9-10,13H,4-5,8,11-12H2,(H2,28,30,31). The number of nitrogens with zero attached hydrogens (tertiary/aromatic N) is 2. The number of ether oxygens (including phenoxy) is 1. The molecule has 170 valence electrons. The third-order valence-electron chi connectivity index (χ3n) is 4.68. The topological polar surface area (TPSA) is 77.0 Å². The van der Waals surface area contributed by atoms with Gasteiger partial charge in [0.1, 0.15) is 28.8 Å². The minimum atomic E-state index is -4.58. The van der Waals surface area contributed by atoms with Gasteiger partial charge in [-0.3, -0.25) is 9.79 Å². The molecule has 0 aromatic heterocycles. The molecule has 10 heteroatoms. The Bertz CT molecular complexity index is 1030. The fourth-order valence-corrected chi connectivity index (χ4v) is 2.80. The second-order valence-corrected chi connectivity index (χ2v) is 7.30. The third-order valence-corrected chi connectivity index (χ3v) is 4.68. The van der Waals surface area contributed by atoms with E-state index in [1.54, 1.807) is 0 Å². The van der Waals surface area contributed by atoms with E-state index in [0.717, 1.165) is 37.1 Å². The van der Waals surface area contributed by atoms with Crippen molar-refractivity contribution in [2.24, 2.45) is 21.6 Å². The molecule has 0 aliphatic heterocycles. The van der Waals surface area contributed by atoms with Gasteiger partial charge in [-0.1, -0.05) is 12.1 Å². The number of benzene rings is 2. The minimum absolute atomic E-state index is 0.0625. The number of nitrogens with two attached hydrogens (primary N) is 1. The van der Waals surface area contributed by atoms with Crippen LogP contribution in [-0.2, 0) is 12.7 Å². The van der Waals surface area contributed by atoms with E-state index in [0.29, 0.717) is 12.5 Å². The van der Waals surface area contributed by atoms with Crippen LogP contribution in [0.25, 0.3) is 0 Å². The number of amidine groups is 1. The molecule has 1 amide bonds. The van der Waals surface area contributed by atoms with Crippen molar-refractivity contribution in [2.45, 2.75) is 32.0 Å². The maximum Gasteiger partial charge on any atom is 0.416 e. The van der Waals surface area contributed by atoms with Crippen molar-refractivity contribution in [2.75, 3.05) is 6.61 Å².